The Labute approximate surface area is 127 Å². The summed E-state index contributed by atoms with van der Waals surface area (Å²) in [7, 11) is 0. The number of hydrogen-bond donors (Lipinski definition) is 1. The van der Waals surface area contributed by atoms with Gasteiger partial charge in [-0.05, 0) is 73.0 Å². The Morgan fingerprint density at radius 1 is 1.37 bits per heavy atom. The van der Waals surface area contributed by atoms with Crippen LogP contribution in [-0.4, -0.2) is 37.0 Å². The van der Waals surface area contributed by atoms with E-state index >= 15 is 0 Å². The minimum atomic E-state index is -0.0428. The SMILES string of the molecule is O=C(NCCCN1CCCC1)c1ccc(Cl)c(Br)c1. The van der Waals surface area contributed by atoms with E-state index in [4.69, 9.17) is 11.6 Å². The lowest BCUT2D eigenvalue weighted by molar-refractivity contribution is 0.0952. The predicted octanol–water partition coefficient (Wildman–Crippen LogP) is 3.32. The van der Waals surface area contributed by atoms with Gasteiger partial charge in [-0.25, -0.2) is 0 Å². The van der Waals surface area contributed by atoms with Crippen LogP contribution in [0.3, 0.4) is 0 Å². The molecule has 0 aromatic heterocycles. The molecule has 0 aliphatic carbocycles. The first-order valence-electron chi connectivity index (χ1n) is 6.62. The van der Waals surface area contributed by atoms with Gasteiger partial charge in [-0.2, -0.15) is 0 Å². The monoisotopic (exact) mass is 344 g/mol. The molecule has 2 rings (SSSR count). The molecule has 1 aliphatic heterocycles. The number of likely N-dealkylation sites (tertiary alicyclic amines) is 1. The number of benzene rings is 1. The lowest BCUT2D eigenvalue weighted by Crippen LogP contribution is -2.28. The molecule has 0 atom stereocenters. The molecule has 0 radical (unpaired) electrons. The van der Waals surface area contributed by atoms with Crippen molar-refractivity contribution in [3.05, 3.63) is 33.3 Å². The fraction of sp³-hybridized carbons (Fsp3) is 0.500. The van der Waals surface area contributed by atoms with Crippen molar-refractivity contribution in [3.63, 3.8) is 0 Å². The van der Waals surface area contributed by atoms with Crippen LogP contribution in [0.25, 0.3) is 0 Å². The minimum Gasteiger partial charge on any atom is -0.352 e. The van der Waals surface area contributed by atoms with Crippen LogP contribution >= 0.6 is 27.5 Å². The topological polar surface area (TPSA) is 32.3 Å². The summed E-state index contributed by atoms with van der Waals surface area (Å²) in [6.45, 7) is 4.20. The van der Waals surface area contributed by atoms with E-state index in [0.29, 0.717) is 10.6 Å². The molecule has 104 valence electrons. The highest BCUT2D eigenvalue weighted by molar-refractivity contribution is 9.10. The van der Waals surface area contributed by atoms with Gasteiger partial charge in [0.05, 0.1) is 5.02 Å². The van der Waals surface area contributed by atoms with E-state index in [1.165, 1.54) is 25.9 Å². The first-order valence-corrected chi connectivity index (χ1v) is 7.79. The van der Waals surface area contributed by atoms with Crippen molar-refractivity contribution in [1.29, 1.82) is 0 Å². The molecule has 1 heterocycles. The Morgan fingerprint density at radius 2 is 2.11 bits per heavy atom. The third kappa shape index (κ3) is 4.48. The van der Waals surface area contributed by atoms with Gasteiger partial charge in [0.15, 0.2) is 0 Å². The highest BCUT2D eigenvalue weighted by Crippen LogP contribution is 2.23. The largest absolute Gasteiger partial charge is 0.352 e. The summed E-state index contributed by atoms with van der Waals surface area (Å²) in [5.41, 5.74) is 0.637. The zero-order valence-corrected chi connectivity index (χ0v) is 13.1. The Kier molecular flexibility index (Phi) is 5.67. The molecule has 1 aromatic rings. The quantitative estimate of drug-likeness (QED) is 0.830. The van der Waals surface area contributed by atoms with Crippen molar-refractivity contribution >= 4 is 33.4 Å². The van der Waals surface area contributed by atoms with Crippen molar-refractivity contribution in [2.45, 2.75) is 19.3 Å². The standard InChI is InChI=1S/C14H18BrClN2O/c15-12-10-11(4-5-13(12)16)14(19)17-6-3-9-18-7-1-2-8-18/h4-5,10H,1-3,6-9H2,(H,17,19). The Balaban J connectivity index is 1.72. The molecule has 0 unspecified atom stereocenters. The molecule has 1 saturated heterocycles. The Morgan fingerprint density at radius 3 is 2.79 bits per heavy atom. The third-order valence-corrected chi connectivity index (χ3v) is 4.53. The van der Waals surface area contributed by atoms with Crippen LogP contribution in [0.1, 0.15) is 29.6 Å². The van der Waals surface area contributed by atoms with E-state index in [1.807, 2.05) is 0 Å². The van der Waals surface area contributed by atoms with E-state index in [9.17, 15) is 4.79 Å². The fourth-order valence-electron chi connectivity index (χ4n) is 2.25. The number of amides is 1. The van der Waals surface area contributed by atoms with Crippen LogP contribution in [0.4, 0.5) is 0 Å². The predicted molar refractivity (Wildman–Crippen MR) is 81.8 cm³/mol. The number of carbonyl (C=O) groups is 1. The third-order valence-electron chi connectivity index (χ3n) is 3.32. The van der Waals surface area contributed by atoms with Crippen LogP contribution in [0.5, 0.6) is 0 Å². The number of hydrogen-bond acceptors (Lipinski definition) is 2. The van der Waals surface area contributed by atoms with E-state index in [0.717, 1.165) is 24.0 Å². The molecule has 0 bridgehead atoms. The molecule has 0 spiro atoms. The van der Waals surface area contributed by atoms with Crippen LogP contribution in [0, 0.1) is 0 Å². The average Bonchev–Trinajstić information content (AvgIpc) is 2.91. The molecular weight excluding hydrogens is 328 g/mol. The fourth-order valence-corrected chi connectivity index (χ4v) is 2.75. The summed E-state index contributed by atoms with van der Waals surface area (Å²) in [6, 6.07) is 5.21. The average molecular weight is 346 g/mol. The number of nitrogens with one attached hydrogen (secondary N) is 1. The normalized spacial score (nSPS) is 15.7. The first kappa shape index (κ1) is 14.8. The molecule has 1 aromatic carbocycles. The van der Waals surface area contributed by atoms with E-state index in [1.54, 1.807) is 18.2 Å². The molecule has 5 heteroatoms. The van der Waals surface area contributed by atoms with Crippen LogP contribution in [0.2, 0.25) is 5.02 Å². The summed E-state index contributed by atoms with van der Waals surface area (Å²) in [5.74, 6) is -0.0428. The highest BCUT2D eigenvalue weighted by atomic mass is 79.9. The van der Waals surface area contributed by atoms with E-state index < -0.39 is 0 Å². The molecule has 0 saturated carbocycles. The summed E-state index contributed by atoms with van der Waals surface area (Å²) < 4.78 is 0.749. The maximum atomic E-state index is 11.9. The highest BCUT2D eigenvalue weighted by Gasteiger charge is 2.11. The van der Waals surface area contributed by atoms with Gasteiger partial charge in [0.1, 0.15) is 0 Å². The first-order chi connectivity index (χ1) is 9.16. The number of carbonyl (C=O) groups excluding carboxylic acids is 1. The number of rotatable bonds is 5. The zero-order chi connectivity index (χ0) is 13.7. The molecular formula is C14H18BrClN2O. The van der Waals surface area contributed by atoms with Crippen molar-refractivity contribution in [3.8, 4) is 0 Å². The molecule has 3 nitrogen and oxygen atoms in total. The van der Waals surface area contributed by atoms with Gasteiger partial charge in [0.25, 0.3) is 5.91 Å². The van der Waals surface area contributed by atoms with E-state index in [2.05, 4.69) is 26.1 Å². The molecule has 19 heavy (non-hydrogen) atoms. The van der Waals surface area contributed by atoms with Crippen molar-refractivity contribution in [2.75, 3.05) is 26.2 Å². The van der Waals surface area contributed by atoms with Gasteiger partial charge < -0.3 is 10.2 Å². The summed E-state index contributed by atoms with van der Waals surface area (Å²) in [4.78, 5) is 14.4. The lowest BCUT2D eigenvalue weighted by Gasteiger charge is -2.14. The van der Waals surface area contributed by atoms with Crippen LogP contribution < -0.4 is 5.32 Å². The summed E-state index contributed by atoms with van der Waals surface area (Å²) in [5, 5.41) is 3.56. The lowest BCUT2D eigenvalue weighted by atomic mass is 10.2. The van der Waals surface area contributed by atoms with Gasteiger partial charge >= 0.3 is 0 Å². The number of nitrogens with zero attached hydrogens (tertiary/aromatic N) is 1. The van der Waals surface area contributed by atoms with Gasteiger partial charge in [0, 0.05) is 16.6 Å². The van der Waals surface area contributed by atoms with Crippen molar-refractivity contribution < 1.29 is 4.79 Å². The Hall–Kier alpha value is -0.580. The summed E-state index contributed by atoms with van der Waals surface area (Å²) in [6.07, 6.45) is 3.62. The maximum Gasteiger partial charge on any atom is 0.251 e. The molecule has 1 aliphatic rings. The van der Waals surface area contributed by atoms with Crippen molar-refractivity contribution in [1.82, 2.24) is 10.2 Å². The van der Waals surface area contributed by atoms with Crippen LogP contribution in [0.15, 0.2) is 22.7 Å². The zero-order valence-electron chi connectivity index (χ0n) is 10.8. The van der Waals surface area contributed by atoms with Gasteiger partial charge in [-0.3, -0.25) is 4.79 Å². The second-order valence-electron chi connectivity index (χ2n) is 4.79. The van der Waals surface area contributed by atoms with Crippen LogP contribution in [-0.2, 0) is 0 Å². The van der Waals surface area contributed by atoms with Gasteiger partial charge in [-0.1, -0.05) is 11.6 Å². The minimum absolute atomic E-state index is 0.0428. The number of halogens is 2. The second-order valence-corrected chi connectivity index (χ2v) is 6.05. The summed E-state index contributed by atoms with van der Waals surface area (Å²) >= 11 is 9.22. The molecule has 1 amide bonds. The van der Waals surface area contributed by atoms with Crippen molar-refractivity contribution in [2.24, 2.45) is 0 Å². The molecule has 1 N–H and O–H groups in total. The molecule has 1 fully saturated rings. The van der Waals surface area contributed by atoms with Gasteiger partial charge in [-0.15, -0.1) is 0 Å². The maximum absolute atomic E-state index is 11.9. The van der Waals surface area contributed by atoms with E-state index in [-0.39, 0.29) is 5.91 Å². The second kappa shape index (κ2) is 7.27. The smallest absolute Gasteiger partial charge is 0.251 e. The van der Waals surface area contributed by atoms with Gasteiger partial charge in [0.2, 0.25) is 0 Å². The Bertz CT molecular complexity index is 447.